The molecule has 0 radical (unpaired) electrons. The van der Waals surface area contributed by atoms with Crippen LogP contribution in [0, 0.1) is 11.8 Å². The number of ether oxygens (including phenoxy) is 1. The van der Waals surface area contributed by atoms with E-state index in [1.54, 1.807) is 19.1 Å². The van der Waals surface area contributed by atoms with Crippen molar-refractivity contribution in [1.29, 1.82) is 0 Å². The minimum absolute atomic E-state index is 0.230. The van der Waals surface area contributed by atoms with Crippen molar-refractivity contribution in [2.24, 2.45) is 0 Å². The van der Waals surface area contributed by atoms with Gasteiger partial charge >= 0.3 is 6.09 Å². The number of anilines is 1. The molecule has 0 saturated heterocycles. The lowest BCUT2D eigenvalue weighted by Crippen LogP contribution is -2.19. The van der Waals surface area contributed by atoms with Gasteiger partial charge in [0.1, 0.15) is 0 Å². The van der Waals surface area contributed by atoms with Gasteiger partial charge in [0.15, 0.2) is 6.10 Å². The summed E-state index contributed by atoms with van der Waals surface area (Å²) in [5, 5.41) is 2.59. The molecule has 0 fully saturated rings. The van der Waals surface area contributed by atoms with Gasteiger partial charge in [-0.15, -0.1) is 11.6 Å². The van der Waals surface area contributed by atoms with Crippen molar-refractivity contribution < 1.29 is 9.53 Å². The Balaban J connectivity index is 2.42. The predicted octanol–water partition coefficient (Wildman–Crippen LogP) is 2.87. The Bertz CT molecular complexity index is 394. The fraction of sp³-hybridized carbons (Fsp3) is 0.250. The lowest BCUT2D eigenvalue weighted by Gasteiger charge is -2.08. The van der Waals surface area contributed by atoms with E-state index >= 15 is 0 Å². The topological polar surface area (TPSA) is 38.3 Å². The fourth-order valence-corrected chi connectivity index (χ4v) is 1.12. The number of nitrogens with one attached hydrogen (secondary N) is 1. The molecule has 1 aromatic carbocycles. The van der Waals surface area contributed by atoms with Gasteiger partial charge in [-0.05, 0) is 19.1 Å². The van der Waals surface area contributed by atoms with E-state index in [4.69, 9.17) is 16.3 Å². The van der Waals surface area contributed by atoms with Gasteiger partial charge in [-0.1, -0.05) is 30.0 Å². The lowest BCUT2D eigenvalue weighted by molar-refractivity contribution is 0.145. The number of hydrogen-bond acceptors (Lipinski definition) is 2. The van der Waals surface area contributed by atoms with Gasteiger partial charge in [0.2, 0.25) is 0 Å². The standard InChI is InChI=1S/C12H12ClNO2/c1-10(6-5-9-13)16-12(15)14-11-7-3-2-4-8-11/h2-4,7-8,10H,9H2,1H3,(H,14,15). The van der Waals surface area contributed by atoms with Gasteiger partial charge in [-0.25, -0.2) is 4.79 Å². The van der Waals surface area contributed by atoms with E-state index in [9.17, 15) is 4.79 Å². The maximum atomic E-state index is 11.4. The summed E-state index contributed by atoms with van der Waals surface area (Å²) < 4.78 is 4.97. The summed E-state index contributed by atoms with van der Waals surface area (Å²) in [4.78, 5) is 11.4. The molecule has 84 valence electrons. The van der Waals surface area contributed by atoms with Crippen LogP contribution in [-0.2, 0) is 4.74 Å². The highest BCUT2D eigenvalue weighted by molar-refractivity contribution is 6.19. The van der Waals surface area contributed by atoms with Crippen LogP contribution in [0.25, 0.3) is 0 Å². The van der Waals surface area contributed by atoms with Crippen molar-refractivity contribution in [3.8, 4) is 11.8 Å². The largest absolute Gasteiger partial charge is 0.433 e. The summed E-state index contributed by atoms with van der Waals surface area (Å²) in [7, 11) is 0. The third kappa shape index (κ3) is 4.72. The zero-order chi connectivity index (χ0) is 11.8. The zero-order valence-corrected chi connectivity index (χ0v) is 9.62. The van der Waals surface area contributed by atoms with Gasteiger partial charge in [-0.2, -0.15) is 0 Å². The van der Waals surface area contributed by atoms with E-state index in [0.717, 1.165) is 0 Å². The normalized spacial score (nSPS) is 10.9. The van der Waals surface area contributed by atoms with Crippen LogP contribution < -0.4 is 5.32 Å². The molecule has 0 bridgehead atoms. The smallest absolute Gasteiger partial charge is 0.412 e. The summed E-state index contributed by atoms with van der Waals surface area (Å²) in [5.41, 5.74) is 0.685. The van der Waals surface area contributed by atoms with E-state index in [1.807, 2.05) is 18.2 Å². The third-order valence-electron chi connectivity index (χ3n) is 1.68. The number of halogens is 1. The fourth-order valence-electron chi connectivity index (χ4n) is 1.04. The van der Waals surface area contributed by atoms with Crippen LogP contribution >= 0.6 is 11.6 Å². The highest BCUT2D eigenvalue weighted by Gasteiger charge is 2.06. The van der Waals surface area contributed by atoms with Crippen molar-refractivity contribution in [2.75, 3.05) is 11.2 Å². The van der Waals surface area contributed by atoms with Crippen LogP contribution in [-0.4, -0.2) is 18.1 Å². The molecule has 0 aliphatic rings. The summed E-state index contributed by atoms with van der Waals surface area (Å²) in [6.07, 6.45) is -0.995. The maximum Gasteiger partial charge on any atom is 0.412 e. The number of benzene rings is 1. The van der Waals surface area contributed by atoms with Crippen LogP contribution in [0.5, 0.6) is 0 Å². The van der Waals surface area contributed by atoms with E-state index < -0.39 is 12.2 Å². The zero-order valence-electron chi connectivity index (χ0n) is 8.87. The molecular formula is C12H12ClNO2. The number of carbonyl (C=O) groups excluding carboxylic acids is 1. The molecule has 1 atom stereocenters. The second kappa shape index (κ2) is 6.76. The second-order valence-corrected chi connectivity index (χ2v) is 3.26. The molecule has 16 heavy (non-hydrogen) atoms. The summed E-state index contributed by atoms with van der Waals surface area (Å²) in [6.45, 7) is 1.68. The monoisotopic (exact) mass is 237 g/mol. The van der Waals surface area contributed by atoms with Crippen molar-refractivity contribution in [2.45, 2.75) is 13.0 Å². The van der Waals surface area contributed by atoms with Crippen LogP contribution in [0.15, 0.2) is 30.3 Å². The maximum absolute atomic E-state index is 11.4. The molecule has 0 spiro atoms. The van der Waals surface area contributed by atoms with Gasteiger partial charge < -0.3 is 4.74 Å². The number of carbonyl (C=O) groups is 1. The molecule has 0 aliphatic carbocycles. The van der Waals surface area contributed by atoms with Crippen LogP contribution in [0.2, 0.25) is 0 Å². The molecule has 0 aromatic heterocycles. The minimum Gasteiger partial charge on any atom is -0.433 e. The first kappa shape index (κ1) is 12.4. The molecule has 1 amide bonds. The van der Waals surface area contributed by atoms with Crippen LogP contribution in [0.3, 0.4) is 0 Å². The molecule has 3 nitrogen and oxygen atoms in total. The van der Waals surface area contributed by atoms with Crippen molar-refractivity contribution in [3.63, 3.8) is 0 Å². The summed E-state index contributed by atoms with van der Waals surface area (Å²) >= 11 is 5.38. The number of alkyl halides is 1. The molecule has 1 unspecified atom stereocenters. The SMILES string of the molecule is CC(C#CCCl)OC(=O)Nc1ccccc1. The molecular weight excluding hydrogens is 226 g/mol. The predicted molar refractivity (Wildman–Crippen MR) is 64.5 cm³/mol. The molecule has 1 rings (SSSR count). The number of amides is 1. The quantitative estimate of drug-likeness (QED) is 0.635. The van der Waals surface area contributed by atoms with Crippen LogP contribution in [0.4, 0.5) is 10.5 Å². The molecule has 1 N–H and O–H groups in total. The van der Waals surface area contributed by atoms with Crippen LogP contribution in [0.1, 0.15) is 6.92 Å². The first-order chi connectivity index (χ1) is 7.72. The average molecular weight is 238 g/mol. The van der Waals surface area contributed by atoms with Gasteiger partial charge in [0.05, 0.1) is 5.88 Å². The third-order valence-corrected chi connectivity index (χ3v) is 1.81. The van der Waals surface area contributed by atoms with E-state index in [0.29, 0.717) is 5.69 Å². The molecule has 1 aromatic rings. The molecule has 0 aliphatic heterocycles. The Labute approximate surface area is 99.7 Å². The second-order valence-electron chi connectivity index (χ2n) is 2.99. The van der Waals surface area contributed by atoms with Crippen molar-refractivity contribution in [3.05, 3.63) is 30.3 Å². The van der Waals surface area contributed by atoms with Crippen molar-refractivity contribution in [1.82, 2.24) is 0 Å². The molecule has 0 saturated carbocycles. The van der Waals surface area contributed by atoms with E-state index in [2.05, 4.69) is 17.2 Å². The summed E-state index contributed by atoms with van der Waals surface area (Å²) in [6, 6.07) is 9.07. The Kier molecular flexibility index (Phi) is 5.24. The Morgan fingerprint density at radius 2 is 2.19 bits per heavy atom. The molecule has 0 heterocycles. The average Bonchev–Trinajstić information content (AvgIpc) is 2.27. The first-order valence-corrected chi connectivity index (χ1v) is 5.33. The highest BCUT2D eigenvalue weighted by atomic mass is 35.5. The molecule has 4 heteroatoms. The highest BCUT2D eigenvalue weighted by Crippen LogP contribution is 2.05. The Morgan fingerprint density at radius 1 is 1.50 bits per heavy atom. The Hall–Kier alpha value is -1.66. The first-order valence-electron chi connectivity index (χ1n) is 4.79. The lowest BCUT2D eigenvalue weighted by atomic mass is 10.3. The Morgan fingerprint density at radius 3 is 2.81 bits per heavy atom. The van der Waals surface area contributed by atoms with Gasteiger partial charge in [-0.3, -0.25) is 5.32 Å². The summed E-state index contributed by atoms with van der Waals surface area (Å²) in [5.74, 6) is 5.54. The minimum atomic E-state index is -0.525. The van der Waals surface area contributed by atoms with Gasteiger partial charge in [0, 0.05) is 5.69 Å². The number of para-hydroxylation sites is 1. The van der Waals surface area contributed by atoms with E-state index in [1.165, 1.54) is 0 Å². The number of rotatable bonds is 2. The van der Waals surface area contributed by atoms with Gasteiger partial charge in [0.25, 0.3) is 0 Å². The van der Waals surface area contributed by atoms with Crippen molar-refractivity contribution >= 4 is 23.4 Å². The number of hydrogen-bond donors (Lipinski definition) is 1. The van der Waals surface area contributed by atoms with E-state index in [-0.39, 0.29) is 5.88 Å².